The van der Waals surface area contributed by atoms with E-state index in [1.54, 1.807) is 0 Å². The summed E-state index contributed by atoms with van der Waals surface area (Å²) in [6.07, 6.45) is 8.43. The molecule has 50 heavy (non-hydrogen) atoms. The van der Waals surface area contributed by atoms with Gasteiger partial charge in [0.1, 0.15) is 0 Å². The molecule has 2 nitrogen and oxygen atoms in total. The standard InChI is InChI=1S/C44H26F2N2Se2/c45-31-15-11-29(12-16-31)43-35-21-19-33(47-35)41(27-7-3-1-4-8-27)37-23-24-38(49-37)42(28-9-5-2-6-10-28)34-20-22-36(48-34)44(40-26-25-39(43)50-40)30-13-17-32(46)18-14-30/h1-26H. The molecule has 0 saturated heterocycles. The van der Waals surface area contributed by atoms with E-state index in [0.717, 1.165) is 75.8 Å². The third kappa shape index (κ3) is 5.67. The average Bonchev–Trinajstić information content (AvgIpc) is 3.98. The van der Waals surface area contributed by atoms with Gasteiger partial charge in [-0.05, 0) is 0 Å². The van der Waals surface area contributed by atoms with E-state index < -0.39 is 0 Å². The van der Waals surface area contributed by atoms with Gasteiger partial charge in [0.15, 0.2) is 0 Å². The molecule has 0 amide bonds. The zero-order chi connectivity index (χ0) is 33.6. The Morgan fingerprint density at radius 2 is 0.600 bits per heavy atom. The molecule has 2 aliphatic rings. The van der Waals surface area contributed by atoms with Crippen LogP contribution >= 0.6 is 0 Å². The summed E-state index contributed by atoms with van der Waals surface area (Å²) in [5, 5.41) is 0. The molecule has 9 rings (SSSR count). The first kappa shape index (κ1) is 30.8. The predicted molar refractivity (Wildman–Crippen MR) is 206 cm³/mol. The predicted octanol–water partition coefficient (Wildman–Crippen LogP) is 11.1. The molecule has 0 radical (unpaired) electrons. The van der Waals surface area contributed by atoms with E-state index in [1.807, 2.05) is 36.4 Å². The van der Waals surface area contributed by atoms with Gasteiger partial charge in [0.2, 0.25) is 0 Å². The molecule has 8 bridgehead atoms. The number of benzene rings is 4. The van der Waals surface area contributed by atoms with Crippen LogP contribution in [0.3, 0.4) is 0 Å². The molecule has 0 saturated carbocycles. The van der Waals surface area contributed by atoms with Crippen molar-refractivity contribution in [2.24, 2.45) is 0 Å². The third-order valence-corrected chi connectivity index (χ3v) is 13.6. The molecule has 238 valence electrons. The van der Waals surface area contributed by atoms with Crippen LogP contribution in [0.25, 0.3) is 85.9 Å². The number of aromatic nitrogens is 2. The first-order valence-electron chi connectivity index (χ1n) is 16.2. The van der Waals surface area contributed by atoms with Crippen LogP contribution in [-0.2, 0) is 0 Å². The Labute approximate surface area is 299 Å². The minimum atomic E-state index is -0.279. The van der Waals surface area contributed by atoms with E-state index in [-0.39, 0.29) is 40.6 Å². The number of hydrogen-bond donors (Lipinski definition) is 0. The van der Waals surface area contributed by atoms with Crippen molar-refractivity contribution < 1.29 is 8.78 Å². The van der Waals surface area contributed by atoms with Crippen molar-refractivity contribution in [2.45, 2.75) is 0 Å². The van der Waals surface area contributed by atoms with E-state index in [0.29, 0.717) is 0 Å². The number of rotatable bonds is 4. The van der Waals surface area contributed by atoms with Crippen molar-refractivity contribution >= 4 is 70.4 Å². The van der Waals surface area contributed by atoms with Crippen molar-refractivity contribution in [2.75, 3.05) is 0 Å². The van der Waals surface area contributed by atoms with Crippen LogP contribution in [0.1, 0.15) is 22.8 Å². The molecule has 0 N–H and O–H groups in total. The van der Waals surface area contributed by atoms with Gasteiger partial charge in [-0.2, -0.15) is 0 Å². The molecular weight excluding hydrogens is 752 g/mol. The van der Waals surface area contributed by atoms with Gasteiger partial charge in [0, 0.05) is 0 Å². The summed E-state index contributed by atoms with van der Waals surface area (Å²) in [6.45, 7) is 0. The summed E-state index contributed by atoms with van der Waals surface area (Å²) in [6, 6.07) is 43.2. The maximum absolute atomic E-state index is 14.2. The van der Waals surface area contributed by atoms with Crippen molar-refractivity contribution in [1.29, 1.82) is 0 Å². The molecule has 0 unspecified atom stereocenters. The Balaban J connectivity index is 1.48. The van der Waals surface area contributed by atoms with E-state index in [4.69, 9.17) is 9.97 Å². The Morgan fingerprint density at radius 1 is 0.320 bits per heavy atom. The molecule has 0 fully saturated rings. The molecule has 4 aromatic carbocycles. The number of nitrogens with zero attached hydrogens (tertiary/aromatic N) is 2. The molecule has 0 spiro atoms. The molecule has 3 aromatic heterocycles. The monoisotopic (exact) mass is 780 g/mol. The van der Waals surface area contributed by atoms with Gasteiger partial charge in [0.25, 0.3) is 0 Å². The number of hydrogen-bond acceptors (Lipinski definition) is 2. The van der Waals surface area contributed by atoms with Gasteiger partial charge in [-0.3, -0.25) is 0 Å². The zero-order valence-electron chi connectivity index (χ0n) is 26.5. The second kappa shape index (κ2) is 12.9. The van der Waals surface area contributed by atoms with Crippen LogP contribution < -0.4 is 0 Å². The summed E-state index contributed by atoms with van der Waals surface area (Å²) in [5.74, 6) is -0.558. The van der Waals surface area contributed by atoms with Crippen LogP contribution in [0.5, 0.6) is 0 Å². The van der Waals surface area contributed by atoms with Gasteiger partial charge < -0.3 is 0 Å². The van der Waals surface area contributed by atoms with E-state index >= 15 is 0 Å². The van der Waals surface area contributed by atoms with Gasteiger partial charge >= 0.3 is 301 Å². The number of fused-ring (bicyclic) bond motifs is 8. The fourth-order valence-electron chi connectivity index (χ4n) is 6.60. The summed E-state index contributed by atoms with van der Waals surface area (Å²) < 4.78 is 33.2. The van der Waals surface area contributed by atoms with Crippen LogP contribution in [0, 0.1) is 11.6 Å². The summed E-state index contributed by atoms with van der Waals surface area (Å²) >= 11 is -0.209. The first-order valence-corrected chi connectivity index (χ1v) is 19.6. The molecule has 2 aliphatic heterocycles. The Bertz CT molecular complexity index is 2460. The third-order valence-electron chi connectivity index (χ3n) is 8.89. The van der Waals surface area contributed by atoms with E-state index in [1.165, 1.54) is 32.8 Å². The first-order chi connectivity index (χ1) is 24.6. The van der Waals surface area contributed by atoms with Crippen molar-refractivity contribution in [3.05, 3.63) is 168 Å². The zero-order valence-corrected chi connectivity index (χ0v) is 29.9. The van der Waals surface area contributed by atoms with E-state index in [9.17, 15) is 8.78 Å². The summed E-state index contributed by atoms with van der Waals surface area (Å²) in [5.41, 5.74) is 11.8. The van der Waals surface area contributed by atoms with Gasteiger partial charge in [-0.1, -0.05) is 0 Å². The van der Waals surface area contributed by atoms with Crippen LogP contribution in [0.2, 0.25) is 0 Å². The van der Waals surface area contributed by atoms with E-state index in [2.05, 4.69) is 97.1 Å². The second-order valence-corrected chi connectivity index (χ2v) is 16.6. The van der Waals surface area contributed by atoms with Crippen LogP contribution in [-0.4, -0.2) is 39.0 Å². The Kier molecular flexibility index (Phi) is 7.95. The SMILES string of the molecule is Fc1ccc(-c2c3nc(c(-c4ccccc4)c4ccc([se]4)c(-c4ccccc4)c4nc(c(-c5ccc(F)cc5)c5ccc2[se]5)C=C4)C=C3)cc1. The van der Waals surface area contributed by atoms with Crippen molar-refractivity contribution in [3.8, 4) is 44.5 Å². The fourth-order valence-corrected chi connectivity index (χ4v) is 11.5. The molecule has 0 aliphatic carbocycles. The summed E-state index contributed by atoms with van der Waals surface area (Å²) in [7, 11) is 0. The van der Waals surface area contributed by atoms with Crippen molar-refractivity contribution in [1.82, 2.24) is 9.97 Å². The second-order valence-electron chi connectivity index (χ2n) is 12.0. The topological polar surface area (TPSA) is 25.8 Å². The molecule has 0 atom stereocenters. The quantitative estimate of drug-likeness (QED) is 0.166. The molecular formula is C44H26F2N2Se2. The average molecular weight is 779 g/mol. The van der Waals surface area contributed by atoms with Gasteiger partial charge in [-0.25, -0.2) is 0 Å². The van der Waals surface area contributed by atoms with Crippen LogP contribution in [0.4, 0.5) is 8.78 Å². The summed E-state index contributed by atoms with van der Waals surface area (Å²) in [4.78, 5) is 10.7. The van der Waals surface area contributed by atoms with Crippen molar-refractivity contribution in [3.63, 3.8) is 0 Å². The minimum absolute atomic E-state index is 0.0498. The Morgan fingerprint density at radius 3 is 0.900 bits per heavy atom. The Hall–Kier alpha value is -5.22. The fraction of sp³-hybridized carbons (Fsp3) is 0. The maximum atomic E-state index is 14.2. The molecule has 5 heterocycles. The molecule has 7 aromatic rings. The molecule has 6 heteroatoms. The van der Waals surface area contributed by atoms with Gasteiger partial charge in [0.05, 0.1) is 0 Å². The normalized spacial score (nSPS) is 12.0. The van der Waals surface area contributed by atoms with Gasteiger partial charge in [-0.15, -0.1) is 0 Å². The van der Waals surface area contributed by atoms with Crippen LogP contribution in [0.15, 0.2) is 133 Å². The number of halogens is 2.